The van der Waals surface area contributed by atoms with Crippen molar-refractivity contribution in [3.8, 4) is 0 Å². The number of benzene rings is 1. The maximum atomic E-state index is 12.2. The van der Waals surface area contributed by atoms with E-state index in [2.05, 4.69) is 5.10 Å². The molecule has 1 aliphatic rings. The van der Waals surface area contributed by atoms with Gasteiger partial charge in [-0.05, 0) is 12.5 Å². The monoisotopic (exact) mass is 290 g/mol. The number of carbonyl (C=O) groups excluding carboxylic acids is 1. The summed E-state index contributed by atoms with van der Waals surface area (Å²) in [6.45, 7) is 3.51. The molecule has 0 amide bonds. The second-order valence-corrected chi connectivity index (χ2v) is 5.18. The second kappa shape index (κ2) is 6.72. The van der Waals surface area contributed by atoms with Crippen LogP contribution in [-0.4, -0.2) is 50.1 Å². The zero-order chi connectivity index (χ0) is 15.3. The lowest BCUT2D eigenvalue weighted by Crippen LogP contribution is -2.41. The molecule has 2 unspecified atom stereocenters. The minimum atomic E-state index is -0.551. The summed E-state index contributed by atoms with van der Waals surface area (Å²) in [6.07, 6.45) is 2.32. The fourth-order valence-corrected chi connectivity index (χ4v) is 2.60. The van der Waals surface area contributed by atoms with Crippen LogP contribution < -0.4 is 0 Å². The van der Waals surface area contributed by atoms with Gasteiger partial charge in [0.1, 0.15) is 5.60 Å². The Balaban J connectivity index is 2.23. The molecule has 1 aromatic carbocycles. The molecule has 0 N–H and O–H groups in total. The maximum Gasteiger partial charge on any atom is 0.313 e. The van der Waals surface area contributed by atoms with Gasteiger partial charge in [-0.2, -0.15) is 5.10 Å². The van der Waals surface area contributed by atoms with E-state index in [1.54, 1.807) is 13.3 Å². The van der Waals surface area contributed by atoms with Crippen molar-refractivity contribution in [2.45, 2.75) is 24.9 Å². The Bertz CT molecular complexity index is 504. The number of rotatable bonds is 6. The number of carbonyl (C=O) groups is 1. The Morgan fingerprint density at radius 1 is 1.38 bits per heavy atom. The number of likely N-dealkylation sites (N-methyl/N-ethyl adjacent to an activating group) is 1. The highest BCUT2D eigenvalue weighted by molar-refractivity contribution is 5.80. The average molecular weight is 290 g/mol. The normalized spacial score (nSPS) is 22.3. The van der Waals surface area contributed by atoms with Crippen LogP contribution in [0.4, 0.5) is 0 Å². The quantitative estimate of drug-likeness (QED) is 0.752. The van der Waals surface area contributed by atoms with E-state index in [-0.39, 0.29) is 11.9 Å². The van der Waals surface area contributed by atoms with Gasteiger partial charge in [0.05, 0.1) is 25.8 Å². The first-order chi connectivity index (χ1) is 10.1. The average Bonchev–Trinajstić information content (AvgIpc) is 2.97. The molecule has 5 heteroatoms. The van der Waals surface area contributed by atoms with Gasteiger partial charge in [0.15, 0.2) is 0 Å². The molecule has 1 aromatic rings. The minimum Gasteiger partial charge on any atom is -0.469 e. The number of hydrogen-bond acceptors (Lipinski definition) is 5. The van der Waals surface area contributed by atoms with Crippen LogP contribution in [0.2, 0.25) is 0 Å². The van der Waals surface area contributed by atoms with Gasteiger partial charge >= 0.3 is 5.97 Å². The van der Waals surface area contributed by atoms with E-state index >= 15 is 0 Å². The van der Waals surface area contributed by atoms with Crippen molar-refractivity contribution < 1.29 is 14.3 Å². The van der Waals surface area contributed by atoms with E-state index in [4.69, 9.17) is 9.47 Å². The van der Waals surface area contributed by atoms with Crippen LogP contribution in [0.1, 0.15) is 24.8 Å². The van der Waals surface area contributed by atoms with Crippen molar-refractivity contribution in [2.75, 3.05) is 27.3 Å². The van der Waals surface area contributed by atoms with Gasteiger partial charge in [0.25, 0.3) is 0 Å². The molecule has 0 saturated carbocycles. The van der Waals surface area contributed by atoms with Crippen molar-refractivity contribution in [3.05, 3.63) is 35.9 Å². The number of nitrogens with zero attached hydrogens (tertiary/aromatic N) is 2. The molecule has 0 saturated heterocycles. The molecule has 114 valence electrons. The lowest BCUT2D eigenvalue weighted by Gasteiger charge is -2.29. The maximum absolute atomic E-state index is 12.2. The molecule has 2 atom stereocenters. The molecule has 0 fully saturated rings. The molecular weight excluding hydrogens is 268 g/mol. The van der Waals surface area contributed by atoms with E-state index in [1.807, 2.05) is 42.3 Å². The van der Waals surface area contributed by atoms with Crippen molar-refractivity contribution >= 4 is 12.2 Å². The summed E-state index contributed by atoms with van der Waals surface area (Å²) in [5, 5.41) is 6.28. The zero-order valence-corrected chi connectivity index (χ0v) is 12.8. The van der Waals surface area contributed by atoms with E-state index in [1.165, 1.54) is 7.11 Å². The summed E-state index contributed by atoms with van der Waals surface area (Å²) in [5.41, 5.74) is 0.383. The highest BCUT2D eigenvalue weighted by atomic mass is 16.5. The summed E-state index contributed by atoms with van der Waals surface area (Å²) in [6, 6.07) is 9.65. The molecule has 0 aromatic heterocycles. The highest BCUT2D eigenvalue weighted by Crippen LogP contribution is 2.31. The molecule has 5 nitrogen and oxygen atoms in total. The molecule has 21 heavy (non-hydrogen) atoms. The number of methoxy groups -OCH3 is 2. The molecule has 0 bridgehead atoms. The smallest absolute Gasteiger partial charge is 0.313 e. The topological polar surface area (TPSA) is 51.1 Å². The van der Waals surface area contributed by atoms with Crippen molar-refractivity contribution in [2.24, 2.45) is 5.10 Å². The van der Waals surface area contributed by atoms with Crippen molar-refractivity contribution in [1.29, 1.82) is 0 Å². The first-order valence-electron chi connectivity index (χ1n) is 7.12. The fraction of sp³-hybridized carbons (Fsp3) is 0.500. The first kappa shape index (κ1) is 15.5. The molecule has 0 aliphatic carbocycles. The standard InChI is InChI=1S/C16H22N2O3/c1-4-18-12-16(21-3,11-17-18)10-14(15(19)20-2)13-8-6-5-7-9-13/h5-9,11,14H,4,10,12H2,1-3H3. The Labute approximate surface area is 125 Å². The van der Waals surface area contributed by atoms with Crippen LogP contribution in [0.5, 0.6) is 0 Å². The number of hydrogen-bond donors (Lipinski definition) is 0. The van der Waals surface area contributed by atoms with Gasteiger partial charge in [-0.3, -0.25) is 9.80 Å². The van der Waals surface area contributed by atoms with Gasteiger partial charge in [0, 0.05) is 20.1 Å². The third kappa shape index (κ3) is 3.42. The number of hydrazone groups is 1. The molecular formula is C16H22N2O3. The van der Waals surface area contributed by atoms with Gasteiger partial charge in [0.2, 0.25) is 0 Å². The van der Waals surface area contributed by atoms with E-state index in [0.717, 1.165) is 12.1 Å². The van der Waals surface area contributed by atoms with E-state index < -0.39 is 5.60 Å². The van der Waals surface area contributed by atoms with Crippen molar-refractivity contribution in [3.63, 3.8) is 0 Å². The lowest BCUT2D eigenvalue weighted by atomic mass is 9.86. The number of ether oxygens (including phenoxy) is 2. The van der Waals surface area contributed by atoms with Crippen LogP contribution in [0, 0.1) is 0 Å². The summed E-state index contributed by atoms with van der Waals surface area (Å²) < 4.78 is 10.6. The lowest BCUT2D eigenvalue weighted by molar-refractivity contribution is -0.143. The zero-order valence-electron chi connectivity index (χ0n) is 12.8. The van der Waals surface area contributed by atoms with Gasteiger partial charge < -0.3 is 9.47 Å². The van der Waals surface area contributed by atoms with Crippen LogP contribution in [0.3, 0.4) is 0 Å². The largest absolute Gasteiger partial charge is 0.469 e. The SMILES string of the molecule is CCN1CC(CC(C(=O)OC)c2ccccc2)(OC)C=N1. The van der Waals surface area contributed by atoms with Crippen LogP contribution in [-0.2, 0) is 14.3 Å². The Morgan fingerprint density at radius 2 is 2.10 bits per heavy atom. The molecule has 2 rings (SSSR count). The Morgan fingerprint density at radius 3 is 2.62 bits per heavy atom. The fourth-order valence-electron chi connectivity index (χ4n) is 2.60. The first-order valence-corrected chi connectivity index (χ1v) is 7.12. The third-order valence-corrected chi connectivity index (χ3v) is 3.92. The second-order valence-electron chi connectivity index (χ2n) is 5.18. The third-order valence-electron chi connectivity index (χ3n) is 3.92. The summed E-state index contributed by atoms with van der Waals surface area (Å²) in [5.74, 6) is -0.611. The van der Waals surface area contributed by atoms with E-state index in [9.17, 15) is 4.79 Å². The van der Waals surface area contributed by atoms with Gasteiger partial charge in [-0.1, -0.05) is 30.3 Å². The minimum absolute atomic E-state index is 0.249. The molecule has 0 radical (unpaired) electrons. The van der Waals surface area contributed by atoms with Gasteiger partial charge in [-0.25, -0.2) is 0 Å². The summed E-state index contributed by atoms with van der Waals surface area (Å²) in [4.78, 5) is 12.2. The Kier molecular flexibility index (Phi) is 4.96. The molecule has 0 spiro atoms. The summed E-state index contributed by atoms with van der Waals surface area (Å²) >= 11 is 0. The highest BCUT2D eigenvalue weighted by Gasteiger charge is 2.40. The van der Waals surface area contributed by atoms with Crippen LogP contribution >= 0.6 is 0 Å². The van der Waals surface area contributed by atoms with Crippen LogP contribution in [0.15, 0.2) is 35.4 Å². The predicted molar refractivity (Wildman–Crippen MR) is 81.3 cm³/mol. The van der Waals surface area contributed by atoms with Crippen molar-refractivity contribution in [1.82, 2.24) is 5.01 Å². The van der Waals surface area contributed by atoms with E-state index in [0.29, 0.717) is 13.0 Å². The summed E-state index contributed by atoms with van der Waals surface area (Å²) in [7, 11) is 3.07. The van der Waals surface area contributed by atoms with Crippen LogP contribution in [0.25, 0.3) is 0 Å². The molecule has 1 aliphatic heterocycles. The molecule has 1 heterocycles. The number of esters is 1. The predicted octanol–water partition coefficient (Wildman–Crippen LogP) is 2.04. The van der Waals surface area contributed by atoms with Gasteiger partial charge in [-0.15, -0.1) is 0 Å². The Hall–Kier alpha value is -1.88.